The van der Waals surface area contributed by atoms with Gasteiger partial charge in [-0.15, -0.1) is 0 Å². The molecule has 0 radical (unpaired) electrons. The SMILES string of the molecule is CCNC(CCN(C)C(C)CSC)c1ccc(F)cn1. The molecule has 1 aromatic heterocycles. The van der Waals surface area contributed by atoms with Crippen LogP contribution in [0.4, 0.5) is 4.39 Å². The van der Waals surface area contributed by atoms with Crippen LogP contribution in [0.2, 0.25) is 0 Å². The molecule has 0 aliphatic carbocycles. The van der Waals surface area contributed by atoms with Gasteiger partial charge in [0.15, 0.2) is 0 Å². The van der Waals surface area contributed by atoms with Gasteiger partial charge in [0.05, 0.1) is 17.9 Å². The molecule has 0 bridgehead atoms. The summed E-state index contributed by atoms with van der Waals surface area (Å²) in [4.78, 5) is 6.56. The number of nitrogens with one attached hydrogen (secondary N) is 1. The molecule has 1 rings (SSSR count). The molecule has 1 heterocycles. The second-order valence-electron chi connectivity index (χ2n) is 5.09. The van der Waals surface area contributed by atoms with E-state index < -0.39 is 0 Å². The summed E-state index contributed by atoms with van der Waals surface area (Å²) in [5.41, 5.74) is 0.916. The predicted octanol–water partition coefficient (Wildman–Crippen LogP) is 2.94. The molecular weight excluding hydrogens is 273 g/mol. The van der Waals surface area contributed by atoms with E-state index in [0.29, 0.717) is 6.04 Å². The Bertz CT molecular complexity index is 372. The highest BCUT2D eigenvalue weighted by molar-refractivity contribution is 7.98. The summed E-state index contributed by atoms with van der Waals surface area (Å²) in [6.07, 6.45) is 4.40. The molecule has 5 heteroatoms. The van der Waals surface area contributed by atoms with Crippen LogP contribution in [-0.2, 0) is 0 Å². The minimum absolute atomic E-state index is 0.185. The lowest BCUT2D eigenvalue weighted by Gasteiger charge is -2.26. The second kappa shape index (κ2) is 9.32. The van der Waals surface area contributed by atoms with Gasteiger partial charge < -0.3 is 10.2 Å². The van der Waals surface area contributed by atoms with E-state index in [1.165, 1.54) is 12.3 Å². The van der Waals surface area contributed by atoms with Crippen LogP contribution >= 0.6 is 11.8 Å². The van der Waals surface area contributed by atoms with Gasteiger partial charge in [-0.3, -0.25) is 4.98 Å². The molecule has 20 heavy (non-hydrogen) atoms. The van der Waals surface area contributed by atoms with Gasteiger partial charge in [0.2, 0.25) is 0 Å². The number of hydrogen-bond donors (Lipinski definition) is 1. The monoisotopic (exact) mass is 299 g/mol. The first kappa shape index (κ1) is 17.4. The Morgan fingerprint density at radius 3 is 2.75 bits per heavy atom. The first-order chi connectivity index (χ1) is 9.58. The van der Waals surface area contributed by atoms with Crippen molar-refractivity contribution in [1.82, 2.24) is 15.2 Å². The van der Waals surface area contributed by atoms with Gasteiger partial charge in [-0.1, -0.05) is 6.92 Å². The highest BCUT2D eigenvalue weighted by Crippen LogP contribution is 2.16. The van der Waals surface area contributed by atoms with Gasteiger partial charge in [0.1, 0.15) is 5.82 Å². The molecule has 0 spiro atoms. The van der Waals surface area contributed by atoms with Crippen molar-refractivity contribution in [3.63, 3.8) is 0 Å². The summed E-state index contributed by atoms with van der Waals surface area (Å²) in [5.74, 6) is 0.853. The third kappa shape index (κ3) is 5.77. The molecule has 2 atom stereocenters. The van der Waals surface area contributed by atoms with Crippen molar-refractivity contribution in [1.29, 1.82) is 0 Å². The van der Waals surface area contributed by atoms with Gasteiger partial charge >= 0.3 is 0 Å². The average Bonchev–Trinajstić information content (AvgIpc) is 2.44. The lowest BCUT2D eigenvalue weighted by atomic mass is 10.1. The van der Waals surface area contributed by atoms with Crippen molar-refractivity contribution >= 4 is 11.8 Å². The number of rotatable bonds is 9. The Hall–Kier alpha value is -0.650. The minimum Gasteiger partial charge on any atom is -0.309 e. The zero-order valence-electron chi connectivity index (χ0n) is 12.9. The summed E-state index contributed by atoms with van der Waals surface area (Å²) in [7, 11) is 2.15. The number of hydrogen-bond acceptors (Lipinski definition) is 4. The Morgan fingerprint density at radius 2 is 2.20 bits per heavy atom. The molecule has 114 valence electrons. The highest BCUT2D eigenvalue weighted by atomic mass is 32.2. The maximum absolute atomic E-state index is 12.9. The molecule has 0 fully saturated rings. The number of halogens is 1. The Labute approximate surface area is 126 Å². The normalized spacial score (nSPS) is 14.5. The van der Waals surface area contributed by atoms with Crippen LogP contribution in [0, 0.1) is 5.82 Å². The van der Waals surface area contributed by atoms with Gasteiger partial charge in [-0.05, 0) is 45.3 Å². The molecule has 0 aromatic carbocycles. The third-order valence-electron chi connectivity index (χ3n) is 3.49. The van der Waals surface area contributed by atoms with Crippen molar-refractivity contribution in [3.05, 3.63) is 29.8 Å². The fourth-order valence-corrected chi connectivity index (χ4v) is 2.85. The maximum atomic E-state index is 12.9. The Balaban J connectivity index is 2.57. The molecule has 0 saturated heterocycles. The molecule has 0 aliphatic heterocycles. The topological polar surface area (TPSA) is 28.2 Å². The van der Waals surface area contributed by atoms with Crippen LogP contribution in [0.5, 0.6) is 0 Å². The van der Waals surface area contributed by atoms with E-state index in [9.17, 15) is 4.39 Å². The molecule has 2 unspecified atom stereocenters. The zero-order valence-corrected chi connectivity index (χ0v) is 13.7. The fourth-order valence-electron chi connectivity index (χ4n) is 2.12. The summed E-state index contributed by atoms with van der Waals surface area (Å²) in [6.45, 7) is 6.21. The van der Waals surface area contributed by atoms with E-state index in [-0.39, 0.29) is 11.9 Å². The van der Waals surface area contributed by atoms with Crippen LogP contribution in [0.15, 0.2) is 18.3 Å². The molecule has 0 amide bonds. The van der Waals surface area contributed by atoms with E-state index in [1.807, 2.05) is 11.8 Å². The van der Waals surface area contributed by atoms with E-state index in [4.69, 9.17) is 0 Å². The number of aromatic nitrogens is 1. The molecule has 3 nitrogen and oxygen atoms in total. The van der Waals surface area contributed by atoms with Crippen LogP contribution in [-0.4, -0.2) is 48.1 Å². The van der Waals surface area contributed by atoms with Crippen LogP contribution < -0.4 is 5.32 Å². The standard InChI is InChI=1S/C15H26FN3S/c1-5-17-15(14-7-6-13(16)10-18-14)8-9-19(3)12(2)11-20-4/h6-7,10,12,15,17H,5,8-9,11H2,1-4H3. The number of nitrogens with zero attached hydrogens (tertiary/aromatic N) is 2. The van der Waals surface area contributed by atoms with E-state index >= 15 is 0 Å². The van der Waals surface area contributed by atoms with E-state index in [1.54, 1.807) is 6.07 Å². The van der Waals surface area contributed by atoms with Gasteiger partial charge in [0, 0.05) is 18.3 Å². The zero-order chi connectivity index (χ0) is 15.0. The molecule has 1 aromatic rings. The summed E-state index contributed by atoms with van der Waals surface area (Å²) < 4.78 is 12.9. The van der Waals surface area contributed by atoms with Gasteiger partial charge in [-0.25, -0.2) is 4.39 Å². The summed E-state index contributed by atoms with van der Waals surface area (Å²) in [5, 5.41) is 3.43. The molecule has 0 aliphatic rings. The quantitative estimate of drug-likeness (QED) is 0.759. The lowest BCUT2D eigenvalue weighted by molar-refractivity contribution is 0.259. The summed E-state index contributed by atoms with van der Waals surface area (Å²) in [6, 6.07) is 4.00. The largest absolute Gasteiger partial charge is 0.309 e. The average molecular weight is 299 g/mol. The lowest BCUT2D eigenvalue weighted by Crippen LogP contribution is -2.34. The van der Waals surface area contributed by atoms with Crippen molar-refractivity contribution in [3.8, 4) is 0 Å². The van der Waals surface area contributed by atoms with Gasteiger partial charge in [-0.2, -0.15) is 11.8 Å². The third-order valence-corrected chi connectivity index (χ3v) is 4.30. The van der Waals surface area contributed by atoms with Crippen molar-refractivity contribution in [2.24, 2.45) is 0 Å². The Kier molecular flexibility index (Phi) is 8.11. The Morgan fingerprint density at radius 1 is 1.45 bits per heavy atom. The predicted molar refractivity (Wildman–Crippen MR) is 85.7 cm³/mol. The first-order valence-corrected chi connectivity index (χ1v) is 8.51. The van der Waals surface area contributed by atoms with Crippen molar-refractivity contribution in [2.45, 2.75) is 32.4 Å². The molecular formula is C15H26FN3S. The van der Waals surface area contributed by atoms with Crippen LogP contribution in [0.25, 0.3) is 0 Å². The number of pyridine rings is 1. The second-order valence-corrected chi connectivity index (χ2v) is 6.00. The molecule has 0 saturated carbocycles. The van der Waals surface area contributed by atoms with E-state index in [2.05, 4.69) is 42.4 Å². The molecule has 1 N–H and O–H groups in total. The smallest absolute Gasteiger partial charge is 0.141 e. The number of thioether (sulfide) groups is 1. The van der Waals surface area contributed by atoms with Gasteiger partial charge in [0.25, 0.3) is 0 Å². The van der Waals surface area contributed by atoms with E-state index in [0.717, 1.165) is 31.0 Å². The van der Waals surface area contributed by atoms with Crippen LogP contribution in [0.3, 0.4) is 0 Å². The van der Waals surface area contributed by atoms with Crippen molar-refractivity contribution < 1.29 is 4.39 Å². The van der Waals surface area contributed by atoms with Crippen molar-refractivity contribution in [2.75, 3.05) is 32.1 Å². The van der Waals surface area contributed by atoms with Crippen LogP contribution in [0.1, 0.15) is 32.0 Å². The fraction of sp³-hybridized carbons (Fsp3) is 0.667. The summed E-state index contributed by atoms with van der Waals surface area (Å²) >= 11 is 1.87. The first-order valence-electron chi connectivity index (χ1n) is 7.12. The highest BCUT2D eigenvalue weighted by Gasteiger charge is 2.15. The maximum Gasteiger partial charge on any atom is 0.141 e. The minimum atomic E-state index is -0.283.